The topological polar surface area (TPSA) is 21.3 Å². The fraction of sp³-hybridized carbons (Fsp3) is 0.571. The molecule has 1 rings (SSSR count). The van der Waals surface area contributed by atoms with E-state index in [4.69, 9.17) is 16.3 Å². The van der Waals surface area contributed by atoms with Crippen LogP contribution in [0.1, 0.15) is 29.2 Å². The zero-order valence-corrected chi connectivity index (χ0v) is 12.2. The summed E-state index contributed by atoms with van der Waals surface area (Å²) < 4.78 is 5.54. The lowest BCUT2D eigenvalue weighted by molar-refractivity contribution is 0.405. The molecule has 0 aliphatic rings. The Labute approximate surface area is 109 Å². The predicted octanol–water partition coefficient (Wildman–Crippen LogP) is 3.43. The van der Waals surface area contributed by atoms with E-state index in [9.17, 15) is 0 Å². The fourth-order valence-electron chi connectivity index (χ4n) is 2.11. The van der Waals surface area contributed by atoms with Crippen molar-refractivity contribution in [3.63, 3.8) is 0 Å². The summed E-state index contributed by atoms with van der Waals surface area (Å²) in [4.78, 5) is 0. The molecule has 0 fully saturated rings. The summed E-state index contributed by atoms with van der Waals surface area (Å²) >= 11 is 6.35. The van der Waals surface area contributed by atoms with E-state index in [-0.39, 0.29) is 0 Å². The standard InChI is InChI=1S/C14H22ClNO/c1-6-16-8-7-12-11(4)13(15)9(2)10(3)14(12)17-5/h16H,6-8H2,1-5H3. The highest BCUT2D eigenvalue weighted by molar-refractivity contribution is 6.32. The molecular weight excluding hydrogens is 234 g/mol. The SMILES string of the molecule is CCNCCc1c(C)c(Cl)c(C)c(C)c1OC. The van der Waals surface area contributed by atoms with Crippen LogP contribution < -0.4 is 10.1 Å². The second-order valence-corrected chi connectivity index (χ2v) is 4.68. The monoisotopic (exact) mass is 255 g/mol. The zero-order valence-electron chi connectivity index (χ0n) is 11.4. The van der Waals surface area contributed by atoms with Crippen LogP contribution in [0.4, 0.5) is 0 Å². The molecule has 0 atom stereocenters. The van der Waals surface area contributed by atoms with E-state index in [0.29, 0.717) is 0 Å². The minimum absolute atomic E-state index is 0.870. The van der Waals surface area contributed by atoms with Gasteiger partial charge in [0.05, 0.1) is 7.11 Å². The molecule has 0 aromatic heterocycles. The normalized spacial score (nSPS) is 10.7. The van der Waals surface area contributed by atoms with Gasteiger partial charge in [0.25, 0.3) is 0 Å². The smallest absolute Gasteiger partial charge is 0.125 e. The second kappa shape index (κ2) is 6.27. The van der Waals surface area contributed by atoms with E-state index in [1.54, 1.807) is 7.11 Å². The number of nitrogens with one attached hydrogen (secondary N) is 1. The van der Waals surface area contributed by atoms with Crippen molar-refractivity contribution in [1.29, 1.82) is 0 Å². The van der Waals surface area contributed by atoms with Crippen molar-refractivity contribution in [3.8, 4) is 5.75 Å². The Morgan fingerprint density at radius 1 is 1.12 bits per heavy atom. The fourth-order valence-corrected chi connectivity index (χ4v) is 2.37. The molecule has 0 bridgehead atoms. The molecule has 0 aliphatic carbocycles. The van der Waals surface area contributed by atoms with Gasteiger partial charge in [-0.05, 0) is 57.0 Å². The first-order chi connectivity index (χ1) is 8.04. The maximum atomic E-state index is 6.35. The van der Waals surface area contributed by atoms with Crippen LogP contribution in [0.3, 0.4) is 0 Å². The van der Waals surface area contributed by atoms with E-state index in [0.717, 1.165) is 47.0 Å². The zero-order chi connectivity index (χ0) is 13.0. The molecule has 0 radical (unpaired) electrons. The van der Waals surface area contributed by atoms with Crippen molar-refractivity contribution in [2.75, 3.05) is 20.2 Å². The van der Waals surface area contributed by atoms with Gasteiger partial charge in [0.15, 0.2) is 0 Å². The van der Waals surface area contributed by atoms with Gasteiger partial charge in [-0.3, -0.25) is 0 Å². The van der Waals surface area contributed by atoms with Crippen LogP contribution in [0, 0.1) is 20.8 Å². The van der Waals surface area contributed by atoms with Gasteiger partial charge in [-0.2, -0.15) is 0 Å². The number of hydrogen-bond acceptors (Lipinski definition) is 2. The second-order valence-electron chi connectivity index (χ2n) is 4.30. The molecule has 0 saturated heterocycles. The predicted molar refractivity (Wildman–Crippen MR) is 74.5 cm³/mol. The van der Waals surface area contributed by atoms with Crippen LogP contribution >= 0.6 is 11.6 Å². The molecular formula is C14H22ClNO. The summed E-state index contributed by atoms with van der Waals surface area (Å²) in [6.07, 6.45) is 0.948. The van der Waals surface area contributed by atoms with Crippen LogP contribution in [0.15, 0.2) is 0 Å². The van der Waals surface area contributed by atoms with Crippen LogP contribution in [0.2, 0.25) is 5.02 Å². The summed E-state index contributed by atoms with van der Waals surface area (Å²) in [7, 11) is 1.73. The minimum Gasteiger partial charge on any atom is -0.496 e. The third kappa shape index (κ3) is 2.93. The van der Waals surface area contributed by atoms with Gasteiger partial charge in [0.2, 0.25) is 0 Å². The molecule has 0 unspecified atom stereocenters. The molecule has 1 N–H and O–H groups in total. The van der Waals surface area contributed by atoms with Crippen molar-refractivity contribution in [1.82, 2.24) is 5.32 Å². The molecule has 1 aromatic rings. The van der Waals surface area contributed by atoms with Crippen LogP contribution in [-0.2, 0) is 6.42 Å². The van der Waals surface area contributed by atoms with Crippen molar-refractivity contribution >= 4 is 11.6 Å². The number of methoxy groups -OCH3 is 1. The summed E-state index contributed by atoms with van der Waals surface area (Å²) in [6.45, 7) is 10.2. The van der Waals surface area contributed by atoms with Gasteiger partial charge in [0, 0.05) is 10.6 Å². The average Bonchev–Trinajstić information content (AvgIpc) is 2.33. The molecule has 17 heavy (non-hydrogen) atoms. The Kier molecular flexibility index (Phi) is 5.29. The van der Waals surface area contributed by atoms with E-state index in [2.05, 4.69) is 26.1 Å². The van der Waals surface area contributed by atoms with E-state index in [1.807, 2.05) is 6.92 Å². The molecule has 3 heteroatoms. The number of halogens is 1. The Bertz CT molecular complexity index is 402. The van der Waals surface area contributed by atoms with Crippen LogP contribution in [-0.4, -0.2) is 20.2 Å². The van der Waals surface area contributed by atoms with Gasteiger partial charge >= 0.3 is 0 Å². The average molecular weight is 256 g/mol. The minimum atomic E-state index is 0.870. The largest absolute Gasteiger partial charge is 0.496 e. The summed E-state index contributed by atoms with van der Waals surface area (Å²) in [5.41, 5.74) is 4.63. The molecule has 0 saturated carbocycles. The van der Waals surface area contributed by atoms with Gasteiger partial charge in [0.1, 0.15) is 5.75 Å². The van der Waals surface area contributed by atoms with Gasteiger partial charge in [-0.15, -0.1) is 0 Å². The number of ether oxygens (including phenoxy) is 1. The molecule has 0 spiro atoms. The highest BCUT2D eigenvalue weighted by atomic mass is 35.5. The number of likely N-dealkylation sites (N-methyl/N-ethyl adjacent to an activating group) is 1. The molecule has 0 heterocycles. The first-order valence-electron chi connectivity index (χ1n) is 6.07. The van der Waals surface area contributed by atoms with Crippen LogP contribution in [0.25, 0.3) is 0 Å². The number of rotatable bonds is 5. The Morgan fingerprint density at radius 2 is 1.76 bits per heavy atom. The summed E-state index contributed by atoms with van der Waals surface area (Å²) in [5.74, 6) is 0.988. The Morgan fingerprint density at radius 3 is 2.29 bits per heavy atom. The lowest BCUT2D eigenvalue weighted by Gasteiger charge is -2.18. The van der Waals surface area contributed by atoms with E-state index >= 15 is 0 Å². The number of hydrogen-bond donors (Lipinski definition) is 1. The Balaban J connectivity index is 3.17. The third-order valence-electron chi connectivity index (χ3n) is 3.29. The molecule has 1 aromatic carbocycles. The van der Waals surface area contributed by atoms with Gasteiger partial charge < -0.3 is 10.1 Å². The first-order valence-corrected chi connectivity index (χ1v) is 6.45. The third-order valence-corrected chi connectivity index (χ3v) is 3.86. The highest BCUT2D eigenvalue weighted by Crippen LogP contribution is 2.35. The lowest BCUT2D eigenvalue weighted by Crippen LogP contribution is -2.17. The van der Waals surface area contributed by atoms with Gasteiger partial charge in [-0.25, -0.2) is 0 Å². The maximum Gasteiger partial charge on any atom is 0.125 e. The van der Waals surface area contributed by atoms with Crippen LogP contribution in [0.5, 0.6) is 5.75 Å². The molecule has 96 valence electrons. The molecule has 0 amide bonds. The summed E-state index contributed by atoms with van der Waals surface area (Å²) in [6, 6.07) is 0. The van der Waals surface area contributed by atoms with Crippen molar-refractivity contribution < 1.29 is 4.74 Å². The molecule has 0 aliphatic heterocycles. The van der Waals surface area contributed by atoms with Gasteiger partial charge in [-0.1, -0.05) is 18.5 Å². The number of benzene rings is 1. The molecule has 2 nitrogen and oxygen atoms in total. The lowest BCUT2D eigenvalue weighted by atomic mass is 9.96. The summed E-state index contributed by atoms with van der Waals surface area (Å²) in [5, 5.41) is 4.20. The highest BCUT2D eigenvalue weighted by Gasteiger charge is 2.16. The van der Waals surface area contributed by atoms with E-state index in [1.165, 1.54) is 5.56 Å². The first kappa shape index (κ1) is 14.3. The van der Waals surface area contributed by atoms with Crippen molar-refractivity contribution in [2.24, 2.45) is 0 Å². The quantitative estimate of drug-likeness (QED) is 0.814. The Hall–Kier alpha value is -0.730. The van der Waals surface area contributed by atoms with E-state index < -0.39 is 0 Å². The maximum absolute atomic E-state index is 6.35. The van der Waals surface area contributed by atoms with Crippen molar-refractivity contribution in [3.05, 3.63) is 27.3 Å². The van der Waals surface area contributed by atoms with Crippen molar-refractivity contribution in [2.45, 2.75) is 34.1 Å².